The summed E-state index contributed by atoms with van der Waals surface area (Å²) in [7, 11) is 0. The van der Waals surface area contributed by atoms with Crippen molar-refractivity contribution in [3.63, 3.8) is 0 Å². The molecule has 88 valence electrons. The van der Waals surface area contributed by atoms with Crippen LogP contribution in [0.25, 0.3) is 0 Å². The van der Waals surface area contributed by atoms with Crippen molar-refractivity contribution in [1.82, 2.24) is 5.32 Å². The number of carbonyl (C=O) groups is 1. The summed E-state index contributed by atoms with van der Waals surface area (Å²) in [4.78, 5) is 10.3. The molecular formula is C11H13F2NO2. The monoisotopic (exact) mass is 229 g/mol. The molecule has 0 saturated carbocycles. The second kappa shape index (κ2) is 6.17. The highest BCUT2D eigenvalue weighted by molar-refractivity contribution is 5.73. The molecular weight excluding hydrogens is 216 g/mol. The summed E-state index contributed by atoms with van der Waals surface area (Å²) in [5, 5.41) is 10.9. The van der Waals surface area contributed by atoms with E-state index in [0.717, 1.165) is 5.56 Å². The maximum atomic E-state index is 13.0. The van der Waals surface area contributed by atoms with Crippen LogP contribution in [0, 0.1) is 0 Å². The van der Waals surface area contributed by atoms with Gasteiger partial charge in [-0.1, -0.05) is 30.3 Å². The zero-order valence-corrected chi connectivity index (χ0v) is 8.57. The van der Waals surface area contributed by atoms with Crippen LogP contribution in [-0.4, -0.2) is 30.0 Å². The number of aliphatic carboxylic acids is 1. The highest BCUT2D eigenvalue weighted by Crippen LogP contribution is 2.04. The lowest BCUT2D eigenvalue weighted by Gasteiger charge is -2.16. The van der Waals surface area contributed by atoms with E-state index in [1.54, 1.807) is 24.3 Å². The average molecular weight is 229 g/mol. The Hall–Kier alpha value is -1.49. The van der Waals surface area contributed by atoms with Gasteiger partial charge in [-0.25, -0.2) is 13.6 Å². The summed E-state index contributed by atoms with van der Waals surface area (Å²) >= 11 is 0. The number of carboxylic acid groups (broad SMARTS) is 1. The van der Waals surface area contributed by atoms with Crippen LogP contribution >= 0.6 is 0 Å². The van der Waals surface area contributed by atoms with Crippen molar-refractivity contribution in [2.75, 3.05) is 6.67 Å². The average Bonchev–Trinajstić information content (AvgIpc) is 2.30. The lowest BCUT2D eigenvalue weighted by atomic mass is 10.1. The maximum Gasteiger partial charge on any atom is 0.340 e. The van der Waals surface area contributed by atoms with Crippen molar-refractivity contribution in [1.29, 1.82) is 0 Å². The minimum absolute atomic E-state index is 0.239. The molecule has 3 nitrogen and oxygen atoms in total. The quantitative estimate of drug-likeness (QED) is 0.777. The molecule has 5 heteroatoms. The van der Waals surface area contributed by atoms with Gasteiger partial charge in [-0.3, -0.25) is 0 Å². The van der Waals surface area contributed by atoms with E-state index >= 15 is 0 Å². The first kappa shape index (κ1) is 12.6. The molecule has 0 aromatic heterocycles. The van der Waals surface area contributed by atoms with Gasteiger partial charge in [-0.15, -0.1) is 0 Å². The van der Waals surface area contributed by atoms with E-state index < -0.39 is 24.9 Å². The van der Waals surface area contributed by atoms with Crippen molar-refractivity contribution in [3.05, 3.63) is 35.9 Å². The minimum atomic E-state index is -2.23. The fourth-order valence-corrected chi connectivity index (χ4v) is 1.25. The molecule has 0 amide bonds. The van der Waals surface area contributed by atoms with Gasteiger partial charge < -0.3 is 10.4 Å². The Bertz CT molecular complexity index is 332. The molecule has 0 spiro atoms. The molecule has 16 heavy (non-hydrogen) atoms. The van der Waals surface area contributed by atoms with Gasteiger partial charge in [0.15, 0.2) is 0 Å². The first-order valence-electron chi connectivity index (χ1n) is 4.85. The number of halogens is 2. The lowest BCUT2D eigenvalue weighted by molar-refractivity contribution is -0.144. The summed E-state index contributed by atoms with van der Waals surface area (Å²) in [6.07, 6.45) is -2.23. The largest absolute Gasteiger partial charge is 0.479 e. The Labute approximate surface area is 92.1 Å². The van der Waals surface area contributed by atoms with Crippen LogP contribution in [0.5, 0.6) is 0 Å². The summed E-state index contributed by atoms with van der Waals surface area (Å²) in [6.45, 7) is -0.816. The Balaban J connectivity index is 2.49. The molecule has 0 saturated heterocycles. The van der Waals surface area contributed by atoms with Gasteiger partial charge in [0.05, 0.1) is 6.04 Å². The second-order valence-electron chi connectivity index (χ2n) is 3.37. The summed E-state index contributed by atoms with van der Waals surface area (Å²) in [5.41, 5.74) is 0.846. The van der Waals surface area contributed by atoms with Crippen molar-refractivity contribution >= 4 is 5.97 Å². The topological polar surface area (TPSA) is 49.3 Å². The molecule has 0 aliphatic heterocycles. The normalized spacial score (nSPS) is 14.4. The fourth-order valence-electron chi connectivity index (χ4n) is 1.25. The van der Waals surface area contributed by atoms with E-state index in [0.29, 0.717) is 0 Å². The molecule has 2 unspecified atom stereocenters. The zero-order valence-electron chi connectivity index (χ0n) is 8.57. The second-order valence-corrected chi connectivity index (χ2v) is 3.37. The Kier molecular flexibility index (Phi) is 4.85. The van der Waals surface area contributed by atoms with Gasteiger partial charge in [-0.2, -0.15) is 0 Å². The van der Waals surface area contributed by atoms with E-state index in [1.807, 2.05) is 6.07 Å². The van der Waals surface area contributed by atoms with Crippen LogP contribution in [0.4, 0.5) is 8.78 Å². The van der Waals surface area contributed by atoms with E-state index in [2.05, 4.69) is 5.32 Å². The van der Waals surface area contributed by atoms with Crippen LogP contribution in [0.3, 0.4) is 0 Å². The van der Waals surface area contributed by atoms with Crippen molar-refractivity contribution in [2.24, 2.45) is 0 Å². The van der Waals surface area contributed by atoms with Gasteiger partial charge in [0.1, 0.15) is 6.67 Å². The highest BCUT2D eigenvalue weighted by Gasteiger charge is 2.27. The number of benzene rings is 1. The SMILES string of the molecule is O=C(O)C(F)C(CF)NCc1ccccc1. The van der Waals surface area contributed by atoms with Crippen LogP contribution in [0.2, 0.25) is 0 Å². The lowest BCUT2D eigenvalue weighted by Crippen LogP contribution is -2.43. The number of alkyl halides is 2. The smallest absolute Gasteiger partial charge is 0.340 e. The summed E-state index contributed by atoms with van der Waals surface area (Å²) < 4.78 is 25.4. The molecule has 1 aromatic rings. The van der Waals surface area contributed by atoms with Gasteiger partial charge in [0.25, 0.3) is 0 Å². The first-order valence-corrected chi connectivity index (χ1v) is 4.85. The summed E-state index contributed by atoms with van der Waals surface area (Å²) in [5.74, 6) is -1.65. The maximum absolute atomic E-state index is 13.0. The summed E-state index contributed by atoms with van der Waals surface area (Å²) in [6, 6.07) is 7.69. The Morgan fingerprint density at radius 2 is 2.00 bits per heavy atom. The van der Waals surface area contributed by atoms with Gasteiger partial charge in [0.2, 0.25) is 6.17 Å². The standard InChI is InChI=1S/C11H13F2NO2/c12-6-9(10(13)11(15)16)14-7-8-4-2-1-3-5-8/h1-5,9-10,14H,6-7H2,(H,15,16). The van der Waals surface area contributed by atoms with E-state index in [9.17, 15) is 13.6 Å². The number of rotatable bonds is 6. The highest BCUT2D eigenvalue weighted by atomic mass is 19.1. The third kappa shape index (κ3) is 3.58. The van der Waals surface area contributed by atoms with Gasteiger partial charge >= 0.3 is 5.97 Å². The number of hydrogen-bond acceptors (Lipinski definition) is 2. The molecule has 2 atom stereocenters. The predicted molar refractivity (Wildman–Crippen MR) is 55.6 cm³/mol. The Morgan fingerprint density at radius 1 is 1.38 bits per heavy atom. The van der Waals surface area contributed by atoms with Crippen molar-refractivity contribution in [3.8, 4) is 0 Å². The molecule has 0 radical (unpaired) electrons. The van der Waals surface area contributed by atoms with E-state index in [1.165, 1.54) is 0 Å². The molecule has 0 fully saturated rings. The minimum Gasteiger partial charge on any atom is -0.479 e. The fraction of sp³-hybridized carbons (Fsp3) is 0.364. The molecule has 0 aliphatic carbocycles. The third-order valence-corrected chi connectivity index (χ3v) is 2.17. The molecule has 2 N–H and O–H groups in total. The van der Waals surface area contributed by atoms with E-state index in [-0.39, 0.29) is 6.54 Å². The van der Waals surface area contributed by atoms with E-state index in [4.69, 9.17) is 5.11 Å². The zero-order chi connectivity index (χ0) is 12.0. The molecule has 0 aliphatic rings. The number of carboxylic acids is 1. The van der Waals surface area contributed by atoms with Crippen LogP contribution < -0.4 is 5.32 Å². The van der Waals surface area contributed by atoms with Crippen LogP contribution in [0.1, 0.15) is 5.56 Å². The third-order valence-electron chi connectivity index (χ3n) is 2.17. The first-order chi connectivity index (χ1) is 7.65. The van der Waals surface area contributed by atoms with Gasteiger partial charge in [-0.05, 0) is 5.56 Å². The molecule has 1 aromatic carbocycles. The van der Waals surface area contributed by atoms with Crippen molar-refractivity contribution in [2.45, 2.75) is 18.8 Å². The van der Waals surface area contributed by atoms with Crippen LogP contribution in [0.15, 0.2) is 30.3 Å². The van der Waals surface area contributed by atoms with Gasteiger partial charge in [0, 0.05) is 6.54 Å². The number of hydrogen-bond donors (Lipinski definition) is 2. The van der Waals surface area contributed by atoms with Crippen LogP contribution in [-0.2, 0) is 11.3 Å². The Morgan fingerprint density at radius 3 is 2.50 bits per heavy atom. The molecule has 1 rings (SSSR count). The number of nitrogens with one attached hydrogen (secondary N) is 1. The predicted octanol–water partition coefficient (Wildman–Crippen LogP) is 1.54. The molecule has 0 bridgehead atoms. The molecule has 0 heterocycles. The van der Waals surface area contributed by atoms with Crippen molar-refractivity contribution < 1.29 is 18.7 Å².